The molecular formula is C12H20N2O2S2. The molecule has 0 aromatic carbocycles. The van der Waals surface area contributed by atoms with Crippen molar-refractivity contribution in [3.8, 4) is 0 Å². The molecule has 1 aromatic rings. The number of rotatable bonds is 4. The van der Waals surface area contributed by atoms with Crippen molar-refractivity contribution >= 4 is 21.4 Å². The summed E-state index contributed by atoms with van der Waals surface area (Å²) in [6.07, 6.45) is 5.23. The van der Waals surface area contributed by atoms with E-state index in [0.717, 1.165) is 31.2 Å². The third-order valence-electron chi connectivity index (χ3n) is 3.47. The minimum Gasteiger partial charge on any atom is -0.326 e. The molecular weight excluding hydrogens is 268 g/mol. The van der Waals surface area contributed by atoms with Crippen molar-refractivity contribution in [2.24, 2.45) is 5.73 Å². The maximum Gasteiger partial charge on any atom is 0.250 e. The van der Waals surface area contributed by atoms with E-state index in [9.17, 15) is 8.42 Å². The number of sulfonamides is 1. The zero-order chi connectivity index (χ0) is 13.2. The monoisotopic (exact) mass is 288 g/mol. The smallest absolute Gasteiger partial charge is 0.250 e. The highest BCUT2D eigenvalue weighted by molar-refractivity contribution is 7.91. The maximum atomic E-state index is 12.3. The first-order valence-corrected chi connectivity index (χ1v) is 8.63. The summed E-state index contributed by atoms with van der Waals surface area (Å²) in [5.41, 5.74) is 6.09. The Morgan fingerprint density at radius 2 is 2.06 bits per heavy atom. The third-order valence-corrected chi connectivity index (χ3v) is 6.59. The van der Waals surface area contributed by atoms with Crippen LogP contribution in [0, 0.1) is 0 Å². The van der Waals surface area contributed by atoms with Crippen LogP contribution in [0.3, 0.4) is 0 Å². The van der Waals surface area contributed by atoms with Gasteiger partial charge >= 0.3 is 0 Å². The summed E-state index contributed by atoms with van der Waals surface area (Å²) in [7, 11) is -3.39. The van der Waals surface area contributed by atoms with Gasteiger partial charge in [0.1, 0.15) is 4.21 Å². The molecule has 0 atom stereocenters. The minimum atomic E-state index is -3.39. The van der Waals surface area contributed by atoms with E-state index in [-0.39, 0.29) is 5.54 Å². The Labute approximate surface area is 113 Å². The molecule has 1 fully saturated rings. The van der Waals surface area contributed by atoms with Gasteiger partial charge in [0.05, 0.1) is 0 Å². The summed E-state index contributed by atoms with van der Waals surface area (Å²) < 4.78 is 27.8. The molecule has 0 bridgehead atoms. The normalized spacial score (nSPS) is 19.9. The van der Waals surface area contributed by atoms with Crippen LogP contribution in [0.5, 0.6) is 0 Å². The van der Waals surface area contributed by atoms with Crippen molar-refractivity contribution in [1.29, 1.82) is 0 Å². The van der Waals surface area contributed by atoms with E-state index in [0.29, 0.717) is 10.8 Å². The third kappa shape index (κ3) is 3.12. The molecule has 0 saturated heterocycles. The molecule has 0 unspecified atom stereocenters. The Morgan fingerprint density at radius 1 is 1.39 bits per heavy atom. The predicted molar refractivity (Wildman–Crippen MR) is 74.0 cm³/mol. The highest BCUT2D eigenvalue weighted by Crippen LogP contribution is 2.30. The first-order chi connectivity index (χ1) is 8.45. The van der Waals surface area contributed by atoms with E-state index in [1.807, 2.05) is 6.92 Å². The summed E-state index contributed by atoms with van der Waals surface area (Å²) >= 11 is 1.24. The molecule has 0 aliphatic heterocycles. The van der Waals surface area contributed by atoms with E-state index >= 15 is 0 Å². The van der Waals surface area contributed by atoms with Crippen LogP contribution in [0.4, 0.5) is 0 Å². The van der Waals surface area contributed by atoms with Crippen LogP contribution in [-0.2, 0) is 16.6 Å². The number of nitrogens with two attached hydrogens (primary N) is 1. The Bertz CT molecular complexity index is 502. The van der Waals surface area contributed by atoms with E-state index in [4.69, 9.17) is 5.73 Å². The lowest BCUT2D eigenvalue weighted by Gasteiger charge is -2.33. The molecule has 102 valence electrons. The largest absolute Gasteiger partial charge is 0.326 e. The van der Waals surface area contributed by atoms with Gasteiger partial charge in [0, 0.05) is 12.1 Å². The second-order valence-corrected chi connectivity index (χ2v) is 8.03. The molecule has 1 heterocycles. The van der Waals surface area contributed by atoms with Gasteiger partial charge in [-0.25, -0.2) is 13.1 Å². The fraction of sp³-hybridized carbons (Fsp3) is 0.667. The lowest BCUT2D eigenvalue weighted by molar-refractivity contribution is 0.294. The van der Waals surface area contributed by atoms with Crippen LogP contribution >= 0.6 is 11.3 Å². The lowest BCUT2D eigenvalue weighted by atomic mass is 9.84. The number of thiophene rings is 1. The average molecular weight is 288 g/mol. The van der Waals surface area contributed by atoms with E-state index in [2.05, 4.69) is 4.72 Å². The molecule has 2 rings (SSSR count). The van der Waals surface area contributed by atoms with Crippen molar-refractivity contribution in [3.63, 3.8) is 0 Å². The van der Waals surface area contributed by atoms with Crippen molar-refractivity contribution in [2.75, 3.05) is 0 Å². The second kappa shape index (κ2) is 5.28. The molecule has 6 heteroatoms. The molecule has 3 N–H and O–H groups in total. The fourth-order valence-corrected chi connectivity index (χ4v) is 5.10. The Balaban J connectivity index is 2.16. The standard InChI is InChI=1S/C12H20N2O2S2/c1-12(5-3-2-4-6-12)14-18(15,16)11-7-10(8-13)9-17-11/h7,9,14H,2-6,8,13H2,1H3. The highest BCUT2D eigenvalue weighted by atomic mass is 32.2. The minimum absolute atomic E-state index is 0.288. The van der Waals surface area contributed by atoms with Gasteiger partial charge in [-0.15, -0.1) is 11.3 Å². The molecule has 0 spiro atoms. The number of hydrogen-bond acceptors (Lipinski definition) is 4. The quantitative estimate of drug-likeness (QED) is 0.892. The van der Waals surface area contributed by atoms with E-state index in [1.54, 1.807) is 11.4 Å². The summed E-state index contributed by atoms with van der Waals surface area (Å²) in [6, 6.07) is 1.67. The van der Waals surface area contributed by atoms with Crippen molar-refractivity contribution in [1.82, 2.24) is 4.72 Å². The van der Waals surface area contributed by atoms with Crippen LogP contribution in [0.15, 0.2) is 15.7 Å². The summed E-state index contributed by atoms with van der Waals surface area (Å²) in [5, 5.41) is 1.80. The van der Waals surface area contributed by atoms with Gasteiger partial charge in [0.2, 0.25) is 0 Å². The summed E-state index contributed by atoms with van der Waals surface area (Å²) in [5.74, 6) is 0. The van der Waals surface area contributed by atoms with Gasteiger partial charge < -0.3 is 5.73 Å². The van der Waals surface area contributed by atoms with Gasteiger partial charge in [-0.1, -0.05) is 19.3 Å². The van der Waals surface area contributed by atoms with Gasteiger partial charge in [-0.2, -0.15) is 0 Å². The van der Waals surface area contributed by atoms with Crippen molar-refractivity contribution < 1.29 is 8.42 Å². The molecule has 1 saturated carbocycles. The molecule has 18 heavy (non-hydrogen) atoms. The van der Waals surface area contributed by atoms with Crippen LogP contribution in [0.25, 0.3) is 0 Å². The molecule has 4 nitrogen and oxygen atoms in total. The van der Waals surface area contributed by atoms with Crippen LogP contribution in [-0.4, -0.2) is 14.0 Å². The van der Waals surface area contributed by atoms with Crippen molar-refractivity contribution in [3.05, 3.63) is 17.0 Å². The van der Waals surface area contributed by atoms with E-state index < -0.39 is 10.0 Å². The van der Waals surface area contributed by atoms with Crippen LogP contribution < -0.4 is 10.5 Å². The summed E-state index contributed by atoms with van der Waals surface area (Å²) in [6.45, 7) is 2.38. The van der Waals surface area contributed by atoms with Gasteiger partial charge in [0.25, 0.3) is 10.0 Å². The fourth-order valence-electron chi connectivity index (χ4n) is 2.41. The Hall–Kier alpha value is -0.430. The SMILES string of the molecule is CC1(NS(=O)(=O)c2cc(CN)cs2)CCCCC1. The zero-order valence-corrected chi connectivity index (χ0v) is 12.2. The van der Waals surface area contributed by atoms with Gasteiger partial charge in [-0.05, 0) is 36.8 Å². The Morgan fingerprint density at radius 3 is 2.61 bits per heavy atom. The number of nitrogens with one attached hydrogen (secondary N) is 1. The van der Waals surface area contributed by atoms with Crippen LogP contribution in [0.1, 0.15) is 44.6 Å². The average Bonchev–Trinajstić information content (AvgIpc) is 2.77. The zero-order valence-electron chi connectivity index (χ0n) is 10.6. The Kier molecular flexibility index (Phi) is 4.11. The van der Waals surface area contributed by atoms with Gasteiger partial charge in [-0.3, -0.25) is 0 Å². The maximum absolute atomic E-state index is 12.3. The molecule has 0 radical (unpaired) electrons. The van der Waals surface area contributed by atoms with Gasteiger partial charge in [0.15, 0.2) is 0 Å². The predicted octanol–water partition coefficient (Wildman–Crippen LogP) is 2.21. The number of hydrogen-bond donors (Lipinski definition) is 2. The van der Waals surface area contributed by atoms with Crippen LogP contribution in [0.2, 0.25) is 0 Å². The topological polar surface area (TPSA) is 72.2 Å². The summed E-state index contributed by atoms with van der Waals surface area (Å²) in [4.78, 5) is 0. The molecule has 0 amide bonds. The molecule has 1 aliphatic carbocycles. The second-order valence-electron chi connectivity index (χ2n) is 5.20. The van der Waals surface area contributed by atoms with E-state index in [1.165, 1.54) is 17.8 Å². The van der Waals surface area contributed by atoms with Crippen molar-refractivity contribution in [2.45, 2.75) is 55.3 Å². The molecule has 1 aromatic heterocycles. The first kappa shape index (κ1) is 14.0. The molecule has 1 aliphatic rings. The lowest BCUT2D eigenvalue weighted by Crippen LogP contribution is -2.46. The highest BCUT2D eigenvalue weighted by Gasteiger charge is 2.32. The first-order valence-electron chi connectivity index (χ1n) is 6.27.